The summed E-state index contributed by atoms with van der Waals surface area (Å²) in [7, 11) is 2.97. The van der Waals surface area contributed by atoms with E-state index in [2.05, 4.69) is 10.4 Å². The predicted molar refractivity (Wildman–Crippen MR) is 101 cm³/mol. The summed E-state index contributed by atoms with van der Waals surface area (Å²) >= 11 is 0. The lowest BCUT2D eigenvalue weighted by atomic mass is 10.0. The van der Waals surface area contributed by atoms with Crippen LogP contribution in [0.5, 0.6) is 5.75 Å². The largest absolute Gasteiger partial charge is 0.494 e. The highest BCUT2D eigenvalue weighted by Gasteiger charge is 2.29. The molecule has 1 aromatic carbocycles. The Kier molecular flexibility index (Phi) is 6.19. The lowest BCUT2D eigenvalue weighted by Gasteiger charge is -2.21. The van der Waals surface area contributed by atoms with Gasteiger partial charge in [-0.15, -0.1) is 0 Å². The van der Waals surface area contributed by atoms with E-state index in [9.17, 15) is 24.6 Å². The molecule has 0 unspecified atom stereocenters. The number of aliphatic carboxylic acids is 1. The van der Waals surface area contributed by atoms with Gasteiger partial charge < -0.3 is 20.3 Å². The van der Waals surface area contributed by atoms with Crippen LogP contribution in [-0.4, -0.2) is 50.6 Å². The van der Waals surface area contributed by atoms with Crippen LogP contribution >= 0.6 is 0 Å². The second-order valence-electron chi connectivity index (χ2n) is 6.84. The number of benzene rings is 1. The van der Waals surface area contributed by atoms with E-state index in [1.807, 2.05) is 0 Å². The summed E-state index contributed by atoms with van der Waals surface area (Å²) in [4.78, 5) is 35.7. The minimum atomic E-state index is -1.69. The molecule has 0 bridgehead atoms. The van der Waals surface area contributed by atoms with E-state index in [1.165, 1.54) is 38.9 Å². The van der Waals surface area contributed by atoms with Crippen molar-refractivity contribution in [1.29, 1.82) is 0 Å². The van der Waals surface area contributed by atoms with E-state index in [0.29, 0.717) is 22.4 Å². The number of carboxylic acid groups (broad SMARTS) is 1. The summed E-state index contributed by atoms with van der Waals surface area (Å²) in [6.45, 7) is 2.55. The van der Waals surface area contributed by atoms with E-state index >= 15 is 0 Å². The lowest BCUT2D eigenvalue weighted by molar-refractivity contribution is -0.145. The molecule has 0 fully saturated rings. The molecule has 9 nitrogen and oxygen atoms in total. The molecule has 0 spiro atoms. The number of amides is 1. The van der Waals surface area contributed by atoms with Gasteiger partial charge in [0.1, 0.15) is 11.6 Å². The van der Waals surface area contributed by atoms with Gasteiger partial charge in [-0.05, 0) is 25.0 Å². The summed E-state index contributed by atoms with van der Waals surface area (Å²) in [6, 6.07) is 5.48. The van der Waals surface area contributed by atoms with Crippen molar-refractivity contribution < 1.29 is 24.5 Å². The molecule has 2 rings (SSSR count). The Labute approximate surface area is 161 Å². The molecule has 9 heteroatoms. The van der Waals surface area contributed by atoms with Gasteiger partial charge in [0.05, 0.1) is 18.9 Å². The molecule has 0 aliphatic rings. The van der Waals surface area contributed by atoms with Crippen molar-refractivity contribution in [3.05, 3.63) is 46.4 Å². The summed E-state index contributed by atoms with van der Waals surface area (Å²) in [5.74, 6) is -1.66. The van der Waals surface area contributed by atoms with E-state index in [0.717, 1.165) is 0 Å². The topological polar surface area (TPSA) is 131 Å². The van der Waals surface area contributed by atoms with E-state index in [-0.39, 0.29) is 12.0 Å². The van der Waals surface area contributed by atoms with Crippen LogP contribution in [0.3, 0.4) is 0 Å². The first-order valence-corrected chi connectivity index (χ1v) is 8.50. The number of ether oxygens (including phenoxy) is 1. The number of carbonyl (C=O) groups is 2. The van der Waals surface area contributed by atoms with Crippen LogP contribution in [0, 0.1) is 0 Å². The van der Waals surface area contributed by atoms with Gasteiger partial charge in [-0.1, -0.05) is 24.3 Å². The zero-order valence-electron chi connectivity index (χ0n) is 16.1. The second-order valence-corrected chi connectivity index (χ2v) is 6.84. The average molecular weight is 389 g/mol. The highest BCUT2D eigenvalue weighted by Crippen LogP contribution is 2.25. The molecule has 0 aliphatic heterocycles. The number of nitrogens with one attached hydrogen (secondary N) is 1. The minimum Gasteiger partial charge on any atom is -0.494 e. The van der Waals surface area contributed by atoms with Gasteiger partial charge >= 0.3 is 5.97 Å². The van der Waals surface area contributed by atoms with Crippen LogP contribution in [-0.2, 0) is 23.1 Å². The molecule has 0 saturated heterocycles. The van der Waals surface area contributed by atoms with Crippen molar-refractivity contribution in [2.45, 2.75) is 31.9 Å². The number of nitrogens with zero attached hydrogens (tertiary/aromatic N) is 2. The van der Waals surface area contributed by atoms with Crippen molar-refractivity contribution in [3.63, 3.8) is 0 Å². The molecule has 1 aromatic heterocycles. The van der Waals surface area contributed by atoms with Crippen LogP contribution in [0.4, 0.5) is 0 Å². The molecular weight excluding hydrogens is 366 g/mol. The molecule has 3 N–H and O–H groups in total. The van der Waals surface area contributed by atoms with Crippen LogP contribution in [0.2, 0.25) is 0 Å². The summed E-state index contributed by atoms with van der Waals surface area (Å²) < 4.78 is 6.41. The number of carbonyl (C=O) groups excluding carboxylic acids is 1. The van der Waals surface area contributed by atoms with Gasteiger partial charge in [0.25, 0.3) is 11.5 Å². The molecule has 1 atom stereocenters. The number of aromatic nitrogens is 2. The maximum atomic E-state index is 12.4. The average Bonchev–Trinajstić information content (AvgIpc) is 2.63. The Morgan fingerprint density at radius 3 is 2.39 bits per heavy atom. The third-order valence-electron chi connectivity index (χ3n) is 4.16. The Morgan fingerprint density at radius 2 is 1.89 bits per heavy atom. The number of carboxylic acids is 1. The Bertz CT molecular complexity index is 928. The number of rotatable bonds is 7. The fraction of sp³-hybridized carbons (Fsp3) is 0.368. The first-order valence-electron chi connectivity index (χ1n) is 8.50. The Balaban J connectivity index is 2.27. The Hall–Kier alpha value is -3.20. The highest BCUT2D eigenvalue weighted by molar-refractivity contribution is 5.88. The number of hydrogen-bond acceptors (Lipinski definition) is 6. The van der Waals surface area contributed by atoms with Gasteiger partial charge in [0, 0.05) is 13.5 Å². The number of hydrogen-bond donors (Lipinski definition) is 3. The van der Waals surface area contributed by atoms with Crippen molar-refractivity contribution in [2.24, 2.45) is 7.05 Å². The first kappa shape index (κ1) is 21.1. The first-order chi connectivity index (χ1) is 13.0. The van der Waals surface area contributed by atoms with Crippen LogP contribution in [0.25, 0.3) is 11.1 Å². The maximum Gasteiger partial charge on any atom is 0.326 e. The minimum absolute atomic E-state index is 0.0168. The molecule has 2 aromatic rings. The van der Waals surface area contributed by atoms with Crippen LogP contribution in [0.15, 0.2) is 35.3 Å². The van der Waals surface area contributed by atoms with E-state index < -0.39 is 23.5 Å². The zero-order valence-corrected chi connectivity index (χ0v) is 16.1. The van der Waals surface area contributed by atoms with Gasteiger partial charge in [0.2, 0.25) is 0 Å². The third kappa shape index (κ3) is 4.74. The van der Waals surface area contributed by atoms with E-state index in [1.54, 1.807) is 24.3 Å². The molecule has 1 amide bonds. The molecule has 0 aliphatic carbocycles. The van der Waals surface area contributed by atoms with Crippen molar-refractivity contribution in [2.75, 3.05) is 7.11 Å². The highest BCUT2D eigenvalue weighted by atomic mass is 16.5. The fourth-order valence-corrected chi connectivity index (χ4v) is 2.52. The number of methoxy groups -OCH3 is 1. The standard InChI is InChI=1S/C19H23N3O6/c1-19(2,27)18(26)21-13(17(24)25)9-11-5-7-12(8-6-11)15-14(28-4)10-20-22(3)16(15)23/h5-8,10,13,27H,9H2,1-4H3,(H,21,26)(H,24,25)/t13-/m0/s1. The smallest absolute Gasteiger partial charge is 0.326 e. The molecule has 0 radical (unpaired) electrons. The quantitative estimate of drug-likeness (QED) is 0.622. The van der Waals surface area contributed by atoms with Gasteiger partial charge in [-0.25, -0.2) is 9.48 Å². The number of aryl methyl sites for hydroxylation is 1. The monoisotopic (exact) mass is 389 g/mol. The van der Waals surface area contributed by atoms with Crippen LogP contribution < -0.4 is 15.6 Å². The van der Waals surface area contributed by atoms with Crippen molar-refractivity contribution in [1.82, 2.24) is 15.1 Å². The summed E-state index contributed by atoms with van der Waals surface area (Å²) in [6.07, 6.45) is 1.46. The predicted octanol–water partition coefficient (Wildman–Crippen LogP) is 0.339. The molecule has 0 saturated carbocycles. The zero-order chi connectivity index (χ0) is 21.1. The molecule has 28 heavy (non-hydrogen) atoms. The van der Waals surface area contributed by atoms with E-state index in [4.69, 9.17) is 4.74 Å². The number of aliphatic hydroxyl groups is 1. The van der Waals surface area contributed by atoms with Crippen LogP contribution in [0.1, 0.15) is 19.4 Å². The summed E-state index contributed by atoms with van der Waals surface area (Å²) in [5.41, 5.74) is -0.437. The van der Waals surface area contributed by atoms with Gasteiger partial charge in [-0.2, -0.15) is 5.10 Å². The SMILES string of the molecule is COc1cnn(C)c(=O)c1-c1ccc(C[C@H](NC(=O)C(C)(C)O)C(=O)O)cc1. The van der Waals surface area contributed by atoms with Crippen molar-refractivity contribution >= 4 is 11.9 Å². The Morgan fingerprint density at radius 1 is 1.29 bits per heavy atom. The second kappa shape index (κ2) is 8.22. The maximum absolute atomic E-state index is 12.4. The fourth-order valence-electron chi connectivity index (χ4n) is 2.52. The van der Waals surface area contributed by atoms with Gasteiger partial charge in [0.15, 0.2) is 5.75 Å². The van der Waals surface area contributed by atoms with Gasteiger partial charge in [-0.3, -0.25) is 9.59 Å². The molecule has 1 heterocycles. The third-order valence-corrected chi connectivity index (χ3v) is 4.16. The van der Waals surface area contributed by atoms with Crippen molar-refractivity contribution in [3.8, 4) is 16.9 Å². The molecular formula is C19H23N3O6. The normalized spacial score (nSPS) is 12.3. The molecule has 150 valence electrons. The lowest BCUT2D eigenvalue weighted by Crippen LogP contribution is -2.50. The summed E-state index contributed by atoms with van der Waals surface area (Å²) in [5, 5.41) is 25.3.